The third-order valence-corrected chi connectivity index (χ3v) is 5.12. The van der Waals surface area contributed by atoms with Crippen LogP contribution in [0, 0.1) is 5.92 Å². The van der Waals surface area contributed by atoms with E-state index in [-0.39, 0.29) is 0 Å². The Hall–Kier alpha value is -0.280. The van der Waals surface area contributed by atoms with Crippen LogP contribution < -0.4 is 5.32 Å². The zero-order chi connectivity index (χ0) is 13.5. The fourth-order valence-electron chi connectivity index (χ4n) is 3.12. The highest BCUT2D eigenvalue weighted by Gasteiger charge is 2.43. The lowest BCUT2D eigenvalue weighted by Crippen LogP contribution is -2.59. The topological polar surface area (TPSA) is 15.3 Å². The van der Waals surface area contributed by atoms with Crippen LogP contribution in [0.2, 0.25) is 10.0 Å². The van der Waals surface area contributed by atoms with Crippen molar-refractivity contribution in [1.29, 1.82) is 0 Å². The SMILES string of the molecule is CC1(C2CC2)CN(Cc2ccc(Cl)c(Cl)c2)CCN1. The summed E-state index contributed by atoms with van der Waals surface area (Å²) in [6.45, 7) is 6.63. The second-order valence-electron chi connectivity index (χ2n) is 6.08. The first kappa shape index (κ1) is 13.7. The van der Waals surface area contributed by atoms with Crippen LogP contribution in [0.3, 0.4) is 0 Å². The highest BCUT2D eigenvalue weighted by molar-refractivity contribution is 6.42. The van der Waals surface area contributed by atoms with Gasteiger partial charge in [0, 0.05) is 31.7 Å². The number of rotatable bonds is 3. The molecule has 4 heteroatoms. The van der Waals surface area contributed by atoms with Crippen molar-refractivity contribution in [1.82, 2.24) is 10.2 Å². The van der Waals surface area contributed by atoms with Gasteiger partial charge in [-0.15, -0.1) is 0 Å². The van der Waals surface area contributed by atoms with Gasteiger partial charge in [-0.1, -0.05) is 29.3 Å². The van der Waals surface area contributed by atoms with E-state index >= 15 is 0 Å². The third kappa shape index (κ3) is 3.08. The summed E-state index contributed by atoms with van der Waals surface area (Å²) in [7, 11) is 0. The summed E-state index contributed by atoms with van der Waals surface area (Å²) >= 11 is 12.0. The second-order valence-corrected chi connectivity index (χ2v) is 6.89. The van der Waals surface area contributed by atoms with Gasteiger partial charge in [0.25, 0.3) is 0 Å². The highest BCUT2D eigenvalue weighted by Crippen LogP contribution is 2.40. The third-order valence-electron chi connectivity index (χ3n) is 4.38. The Kier molecular flexibility index (Phi) is 3.78. The lowest BCUT2D eigenvalue weighted by Gasteiger charge is -2.42. The average molecular weight is 299 g/mol. The maximum Gasteiger partial charge on any atom is 0.0595 e. The molecule has 2 fully saturated rings. The summed E-state index contributed by atoms with van der Waals surface area (Å²) in [5.41, 5.74) is 1.54. The summed E-state index contributed by atoms with van der Waals surface area (Å²) in [4.78, 5) is 2.52. The molecule has 1 unspecified atom stereocenters. The maximum absolute atomic E-state index is 6.09. The standard InChI is InChI=1S/C15H20Cl2N2/c1-15(12-3-4-12)10-19(7-6-18-15)9-11-2-5-13(16)14(17)8-11/h2,5,8,12,18H,3-4,6-7,9-10H2,1H3. The summed E-state index contributed by atoms with van der Waals surface area (Å²) in [6.07, 6.45) is 2.76. The second kappa shape index (κ2) is 5.25. The predicted molar refractivity (Wildman–Crippen MR) is 80.9 cm³/mol. The van der Waals surface area contributed by atoms with Crippen molar-refractivity contribution >= 4 is 23.2 Å². The molecule has 1 saturated heterocycles. The monoisotopic (exact) mass is 298 g/mol. The Morgan fingerprint density at radius 2 is 2.11 bits per heavy atom. The molecular weight excluding hydrogens is 279 g/mol. The first-order valence-electron chi connectivity index (χ1n) is 6.98. The molecule has 1 N–H and O–H groups in total. The molecule has 0 spiro atoms. The van der Waals surface area contributed by atoms with Crippen molar-refractivity contribution in [3.05, 3.63) is 33.8 Å². The predicted octanol–water partition coefficient (Wildman–Crippen LogP) is 3.57. The van der Waals surface area contributed by atoms with Gasteiger partial charge < -0.3 is 5.32 Å². The molecule has 104 valence electrons. The molecule has 19 heavy (non-hydrogen) atoms. The van der Waals surface area contributed by atoms with Gasteiger partial charge in [0.15, 0.2) is 0 Å². The Morgan fingerprint density at radius 1 is 1.32 bits per heavy atom. The van der Waals surface area contributed by atoms with Crippen molar-refractivity contribution in [3.63, 3.8) is 0 Å². The summed E-state index contributed by atoms with van der Waals surface area (Å²) in [5.74, 6) is 0.865. The van der Waals surface area contributed by atoms with Crippen LogP contribution in [0.5, 0.6) is 0 Å². The lowest BCUT2D eigenvalue weighted by molar-refractivity contribution is 0.121. The zero-order valence-corrected chi connectivity index (χ0v) is 12.8. The quantitative estimate of drug-likeness (QED) is 0.918. The van der Waals surface area contributed by atoms with Crippen molar-refractivity contribution in [2.24, 2.45) is 5.92 Å². The molecule has 0 bridgehead atoms. The van der Waals surface area contributed by atoms with E-state index < -0.39 is 0 Å². The van der Waals surface area contributed by atoms with E-state index in [0.717, 1.165) is 32.1 Å². The number of hydrogen-bond donors (Lipinski definition) is 1. The van der Waals surface area contributed by atoms with E-state index in [1.54, 1.807) is 0 Å². The molecule has 0 radical (unpaired) electrons. The van der Waals surface area contributed by atoms with Gasteiger partial charge in [-0.2, -0.15) is 0 Å². The molecule has 1 heterocycles. The van der Waals surface area contributed by atoms with Gasteiger partial charge in [0.2, 0.25) is 0 Å². The number of nitrogens with one attached hydrogen (secondary N) is 1. The fourth-order valence-corrected chi connectivity index (χ4v) is 3.44. The van der Waals surface area contributed by atoms with Crippen LogP contribution in [-0.4, -0.2) is 30.1 Å². The Bertz CT molecular complexity index is 473. The normalized spacial score (nSPS) is 28.6. The Labute approximate surface area is 125 Å². The Morgan fingerprint density at radius 3 is 2.79 bits per heavy atom. The Balaban J connectivity index is 1.67. The summed E-state index contributed by atoms with van der Waals surface area (Å²) in [5, 5.41) is 4.99. The van der Waals surface area contributed by atoms with Crippen LogP contribution >= 0.6 is 23.2 Å². The largest absolute Gasteiger partial charge is 0.309 e. The molecule has 1 atom stereocenters. The van der Waals surface area contributed by atoms with E-state index in [1.807, 2.05) is 12.1 Å². The number of hydrogen-bond acceptors (Lipinski definition) is 2. The minimum atomic E-state index is 0.300. The van der Waals surface area contributed by atoms with E-state index in [9.17, 15) is 0 Å². The smallest absolute Gasteiger partial charge is 0.0595 e. The minimum absolute atomic E-state index is 0.300. The van der Waals surface area contributed by atoms with Crippen LogP contribution in [-0.2, 0) is 6.54 Å². The van der Waals surface area contributed by atoms with Gasteiger partial charge in [-0.25, -0.2) is 0 Å². The van der Waals surface area contributed by atoms with Crippen molar-refractivity contribution in [3.8, 4) is 0 Å². The molecule has 1 aliphatic heterocycles. The number of halogens is 2. The van der Waals surface area contributed by atoms with Crippen LogP contribution in [0.4, 0.5) is 0 Å². The first-order valence-corrected chi connectivity index (χ1v) is 7.74. The van der Waals surface area contributed by atoms with E-state index in [2.05, 4.69) is 23.2 Å². The van der Waals surface area contributed by atoms with Gasteiger partial charge in [0.05, 0.1) is 10.0 Å². The molecule has 1 saturated carbocycles. The number of nitrogens with zero attached hydrogens (tertiary/aromatic N) is 1. The van der Waals surface area contributed by atoms with Gasteiger partial charge >= 0.3 is 0 Å². The van der Waals surface area contributed by atoms with E-state index in [1.165, 1.54) is 18.4 Å². The molecule has 2 aliphatic rings. The average Bonchev–Trinajstić information content (AvgIpc) is 3.18. The van der Waals surface area contributed by atoms with E-state index in [4.69, 9.17) is 23.2 Å². The molecule has 3 rings (SSSR count). The van der Waals surface area contributed by atoms with Crippen LogP contribution in [0.1, 0.15) is 25.3 Å². The molecule has 1 aliphatic carbocycles. The van der Waals surface area contributed by atoms with Gasteiger partial charge in [0.1, 0.15) is 0 Å². The van der Waals surface area contributed by atoms with Crippen LogP contribution in [0.25, 0.3) is 0 Å². The summed E-state index contributed by atoms with van der Waals surface area (Å²) < 4.78 is 0. The molecule has 0 aromatic heterocycles. The number of benzene rings is 1. The van der Waals surface area contributed by atoms with Gasteiger partial charge in [-0.3, -0.25) is 4.90 Å². The van der Waals surface area contributed by atoms with Crippen LogP contribution in [0.15, 0.2) is 18.2 Å². The minimum Gasteiger partial charge on any atom is -0.309 e. The highest BCUT2D eigenvalue weighted by atomic mass is 35.5. The van der Waals surface area contributed by atoms with Gasteiger partial charge in [-0.05, 0) is 43.4 Å². The summed E-state index contributed by atoms with van der Waals surface area (Å²) in [6, 6.07) is 5.95. The molecule has 1 aromatic carbocycles. The zero-order valence-electron chi connectivity index (χ0n) is 11.3. The maximum atomic E-state index is 6.09. The molecule has 1 aromatic rings. The van der Waals surface area contributed by atoms with Crippen molar-refractivity contribution in [2.45, 2.75) is 31.8 Å². The van der Waals surface area contributed by atoms with Crippen molar-refractivity contribution < 1.29 is 0 Å². The number of piperazine rings is 1. The molecule has 2 nitrogen and oxygen atoms in total. The van der Waals surface area contributed by atoms with Crippen molar-refractivity contribution in [2.75, 3.05) is 19.6 Å². The van der Waals surface area contributed by atoms with E-state index in [0.29, 0.717) is 15.6 Å². The fraction of sp³-hybridized carbons (Fsp3) is 0.600. The molecular formula is C15H20Cl2N2. The molecule has 0 amide bonds. The lowest BCUT2D eigenvalue weighted by atomic mass is 9.92. The first-order chi connectivity index (χ1) is 9.07.